The zero-order chi connectivity index (χ0) is 21.7. The van der Waals surface area contributed by atoms with Gasteiger partial charge in [-0.2, -0.15) is 0 Å². The van der Waals surface area contributed by atoms with Gasteiger partial charge in [0.2, 0.25) is 0 Å². The molecule has 2 saturated carbocycles. The molecule has 3 aliphatic carbocycles. The van der Waals surface area contributed by atoms with Crippen molar-refractivity contribution < 1.29 is 14.9 Å². The summed E-state index contributed by atoms with van der Waals surface area (Å²) in [4.78, 5) is 0. The number of aliphatic hydroxyl groups is 1. The molecule has 0 aliphatic heterocycles. The molecule has 1 aromatic rings. The SMILES string of the molecule is COc1cc2c(cc1O)CC[C@@H]1[C@@H]2CC[C@]2(C)[C@@H]([C@H](C)CC#CC(C)(C)O)CC[C@@H]12. The summed E-state index contributed by atoms with van der Waals surface area (Å²) < 4.78 is 5.43. The lowest BCUT2D eigenvalue weighted by Gasteiger charge is -2.52. The monoisotopic (exact) mass is 410 g/mol. The molecule has 0 aromatic heterocycles. The summed E-state index contributed by atoms with van der Waals surface area (Å²) in [6, 6.07) is 4.06. The molecule has 2 N–H and O–H groups in total. The van der Waals surface area contributed by atoms with E-state index in [0.717, 1.165) is 30.6 Å². The number of hydrogen-bond donors (Lipinski definition) is 2. The Morgan fingerprint density at radius 2 is 2.00 bits per heavy atom. The molecule has 3 aliphatic rings. The van der Waals surface area contributed by atoms with E-state index in [1.165, 1.54) is 43.2 Å². The van der Waals surface area contributed by atoms with Crippen molar-refractivity contribution in [3.8, 4) is 23.3 Å². The minimum Gasteiger partial charge on any atom is -0.504 e. The lowest BCUT2D eigenvalue weighted by Crippen LogP contribution is -2.43. The third-order valence-corrected chi connectivity index (χ3v) is 8.60. The molecule has 3 heteroatoms. The fourth-order valence-electron chi connectivity index (χ4n) is 7.30. The van der Waals surface area contributed by atoms with E-state index in [0.29, 0.717) is 23.0 Å². The van der Waals surface area contributed by atoms with Crippen LogP contribution in [0.3, 0.4) is 0 Å². The second kappa shape index (κ2) is 7.79. The highest BCUT2D eigenvalue weighted by Crippen LogP contribution is 2.64. The molecule has 0 unspecified atom stereocenters. The molecule has 164 valence electrons. The first-order chi connectivity index (χ1) is 14.1. The van der Waals surface area contributed by atoms with Gasteiger partial charge in [0.05, 0.1) is 7.11 Å². The molecular weight excluding hydrogens is 372 g/mol. The number of phenols is 1. The Balaban J connectivity index is 1.54. The van der Waals surface area contributed by atoms with Gasteiger partial charge in [0.1, 0.15) is 5.60 Å². The molecule has 0 spiro atoms. The zero-order valence-electron chi connectivity index (χ0n) is 19.3. The van der Waals surface area contributed by atoms with Crippen molar-refractivity contribution in [3.05, 3.63) is 23.3 Å². The second-order valence-electron chi connectivity index (χ2n) is 10.9. The third-order valence-electron chi connectivity index (χ3n) is 8.60. The van der Waals surface area contributed by atoms with Crippen molar-refractivity contribution in [2.45, 2.75) is 84.2 Å². The quantitative estimate of drug-likeness (QED) is 0.631. The topological polar surface area (TPSA) is 49.7 Å². The van der Waals surface area contributed by atoms with Crippen LogP contribution < -0.4 is 4.74 Å². The van der Waals surface area contributed by atoms with E-state index in [4.69, 9.17) is 4.74 Å². The van der Waals surface area contributed by atoms with E-state index >= 15 is 0 Å². The molecular formula is C27H38O3. The average Bonchev–Trinajstić information content (AvgIpc) is 3.03. The van der Waals surface area contributed by atoms with Gasteiger partial charge in [0.15, 0.2) is 11.5 Å². The van der Waals surface area contributed by atoms with Crippen molar-refractivity contribution in [2.24, 2.45) is 29.1 Å². The van der Waals surface area contributed by atoms with Crippen molar-refractivity contribution in [3.63, 3.8) is 0 Å². The van der Waals surface area contributed by atoms with Crippen molar-refractivity contribution in [1.29, 1.82) is 0 Å². The van der Waals surface area contributed by atoms with Crippen LogP contribution in [-0.2, 0) is 6.42 Å². The van der Waals surface area contributed by atoms with E-state index in [1.54, 1.807) is 21.0 Å². The Kier molecular flexibility index (Phi) is 5.60. The molecule has 4 rings (SSSR count). The van der Waals surface area contributed by atoms with Crippen LogP contribution in [0.4, 0.5) is 0 Å². The maximum atomic E-state index is 10.2. The van der Waals surface area contributed by atoms with Gasteiger partial charge in [-0.25, -0.2) is 0 Å². The predicted molar refractivity (Wildman–Crippen MR) is 121 cm³/mol. The molecule has 6 atom stereocenters. The largest absolute Gasteiger partial charge is 0.504 e. The van der Waals surface area contributed by atoms with Gasteiger partial charge in [0.25, 0.3) is 0 Å². The highest BCUT2D eigenvalue weighted by molar-refractivity contribution is 5.49. The number of aryl methyl sites for hydroxylation is 1. The number of phenolic OH excluding ortho intramolecular Hbond substituents is 1. The summed E-state index contributed by atoms with van der Waals surface area (Å²) in [5.41, 5.74) is 2.25. The van der Waals surface area contributed by atoms with Gasteiger partial charge in [-0.1, -0.05) is 19.8 Å². The van der Waals surface area contributed by atoms with Crippen molar-refractivity contribution in [1.82, 2.24) is 0 Å². The first-order valence-electron chi connectivity index (χ1n) is 11.8. The summed E-state index contributed by atoms with van der Waals surface area (Å²) in [5.74, 6) is 10.6. The zero-order valence-corrected chi connectivity index (χ0v) is 19.3. The summed E-state index contributed by atoms with van der Waals surface area (Å²) >= 11 is 0. The number of fused-ring (bicyclic) bond motifs is 5. The number of rotatable bonds is 3. The summed E-state index contributed by atoms with van der Waals surface area (Å²) in [7, 11) is 1.64. The van der Waals surface area contributed by atoms with Crippen LogP contribution in [0, 0.1) is 40.9 Å². The number of hydrogen-bond acceptors (Lipinski definition) is 3. The minimum atomic E-state index is -0.898. The second-order valence-corrected chi connectivity index (χ2v) is 10.9. The first-order valence-corrected chi connectivity index (χ1v) is 11.8. The molecule has 0 amide bonds. The van der Waals surface area contributed by atoms with Crippen LogP contribution in [0.1, 0.15) is 83.3 Å². The fraction of sp³-hybridized carbons (Fsp3) is 0.704. The predicted octanol–water partition coefficient (Wildman–Crippen LogP) is 5.67. The van der Waals surface area contributed by atoms with Crippen LogP contribution in [0.25, 0.3) is 0 Å². The average molecular weight is 411 g/mol. The normalized spacial score (nSPS) is 33.5. The Hall–Kier alpha value is -1.66. The fourth-order valence-corrected chi connectivity index (χ4v) is 7.30. The molecule has 30 heavy (non-hydrogen) atoms. The van der Waals surface area contributed by atoms with Gasteiger partial charge in [-0.05, 0) is 111 Å². The third kappa shape index (κ3) is 3.73. The van der Waals surface area contributed by atoms with Crippen LogP contribution in [-0.4, -0.2) is 22.9 Å². The van der Waals surface area contributed by atoms with Crippen molar-refractivity contribution >= 4 is 0 Å². The summed E-state index contributed by atoms with van der Waals surface area (Å²) in [6.45, 7) is 8.44. The molecule has 3 nitrogen and oxygen atoms in total. The van der Waals surface area contributed by atoms with E-state index in [9.17, 15) is 10.2 Å². The maximum absolute atomic E-state index is 10.2. The number of benzene rings is 1. The number of ether oxygens (including phenoxy) is 1. The molecule has 0 radical (unpaired) electrons. The molecule has 0 heterocycles. The van der Waals surface area contributed by atoms with E-state index < -0.39 is 5.60 Å². The first kappa shape index (κ1) is 21.6. The van der Waals surface area contributed by atoms with Crippen LogP contribution in [0.15, 0.2) is 12.1 Å². The van der Waals surface area contributed by atoms with E-state index in [-0.39, 0.29) is 5.75 Å². The van der Waals surface area contributed by atoms with Gasteiger partial charge in [0, 0.05) is 6.42 Å². The van der Waals surface area contributed by atoms with Gasteiger partial charge in [-0.3, -0.25) is 0 Å². The Morgan fingerprint density at radius 3 is 2.70 bits per heavy atom. The summed E-state index contributed by atoms with van der Waals surface area (Å²) in [5, 5.41) is 20.1. The van der Waals surface area contributed by atoms with Crippen LogP contribution in [0.2, 0.25) is 0 Å². The van der Waals surface area contributed by atoms with Gasteiger partial charge in [-0.15, -0.1) is 5.92 Å². The lowest BCUT2D eigenvalue weighted by atomic mass is 9.53. The van der Waals surface area contributed by atoms with Crippen LogP contribution >= 0.6 is 0 Å². The standard InChI is InChI=1S/C27H38O3/c1-17(7-6-13-26(2,3)29)22-10-11-23-20-9-8-18-15-24(28)25(30-5)16-21(18)19(20)12-14-27(22,23)4/h15-17,19-20,22-23,28-29H,7-12,14H2,1-5H3/t17-,19+,20-,22-,23+,27-/m1/s1. The number of aromatic hydroxyl groups is 1. The van der Waals surface area contributed by atoms with Gasteiger partial charge < -0.3 is 14.9 Å². The molecule has 0 bridgehead atoms. The van der Waals surface area contributed by atoms with E-state index in [2.05, 4.69) is 31.8 Å². The smallest absolute Gasteiger partial charge is 0.160 e. The summed E-state index contributed by atoms with van der Waals surface area (Å²) in [6.07, 6.45) is 8.33. The maximum Gasteiger partial charge on any atom is 0.160 e. The highest BCUT2D eigenvalue weighted by Gasteiger charge is 2.55. The van der Waals surface area contributed by atoms with E-state index in [1.807, 2.05) is 6.07 Å². The Bertz CT molecular complexity index is 855. The molecule has 2 fully saturated rings. The van der Waals surface area contributed by atoms with Crippen LogP contribution in [0.5, 0.6) is 11.5 Å². The Labute approximate surface area is 182 Å². The van der Waals surface area contributed by atoms with Crippen molar-refractivity contribution in [2.75, 3.05) is 7.11 Å². The Morgan fingerprint density at radius 1 is 1.23 bits per heavy atom. The highest BCUT2D eigenvalue weighted by atomic mass is 16.5. The molecule has 1 aromatic carbocycles. The number of methoxy groups -OCH3 is 1. The molecule has 0 saturated heterocycles. The minimum absolute atomic E-state index is 0.275. The lowest BCUT2D eigenvalue weighted by molar-refractivity contribution is 0.0121. The van der Waals surface area contributed by atoms with Gasteiger partial charge >= 0.3 is 0 Å².